The third kappa shape index (κ3) is 3.35. The zero-order valence-corrected chi connectivity index (χ0v) is 15.6. The summed E-state index contributed by atoms with van der Waals surface area (Å²) in [5, 5.41) is 3.26. The van der Waals surface area contributed by atoms with Gasteiger partial charge < -0.3 is 4.90 Å². The first-order valence-electron chi connectivity index (χ1n) is 9.17. The van der Waals surface area contributed by atoms with Crippen LogP contribution in [0.1, 0.15) is 36.4 Å². The minimum absolute atomic E-state index is 0.211. The lowest BCUT2D eigenvalue weighted by atomic mass is 9.72. The van der Waals surface area contributed by atoms with E-state index in [9.17, 15) is 4.79 Å². The molecule has 2 aromatic rings. The average Bonchev–Trinajstić information content (AvgIpc) is 3.03. The van der Waals surface area contributed by atoms with Crippen LogP contribution in [0.3, 0.4) is 0 Å². The van der Waals surface area contributed by atoms with Crippen molar-refractivity contribution in [2.45, 2.75) is 39.2 Å². The first-order valence-corrected chi connectivity index (χ1v) is 10.0. The van der Waals surface area contributed by atoms with Gasteiger partial charge in [-0.2, -0.15) is 0 Å². The molecule has 1 amide bonds. The first kappa shape index (κ1) is 16.7. The maximum Gasteiger partial charge on any atom is 0.234 e. The maximum atomic E-state index is 13.4. The van der Waals surface area contributed by atoms with Gasteiger partial charge in [-0.3, -0.25) is 9.69 Å². The highest BCUT2D eigenvalue weighted by molar-refractivity contribution is 7.09. The van der Waals surface area contributed by atoms with Crippen molar-refractivity contribution in [2.75, 3.05) is 24.5 Å². The number of likely N-dealkylation sites (tertiary alicyclic amines) is 1. The van der Waals surface area contributed by atoms with E-state index in [0.717, 1.165) is 68.3 Å². The summed E-state index contributed by atoms with van der Waals surface area (Å²) >= 11 is 1.71. The van der Waals surface area contributed by atoms with Crippen LogP contribution in [0.2, 0.25) is 0 Å². The number of para-hydroxylation sites is 1. The molecule has 3 heterocycles. The van der Waals surface area contributed by atoms with Crippen LogP contribution in [-0.4, -0.2) is 35.4 Å². The van der Waals surface area contributed by atoms with E-state index in [-0.39, 0.29) is 5.41 Å². The van der Waals surface area contributed by atoms with E-state index >= 15 is 0 Å². The average molecular weight is 356 g/mol. The first-order chi connectivity index (χ1) is 12.2. The Morgan fingerprint density at radius 3 is 2.64 bits per heavy atom. The predicted octanol–water partition coefficient (Wildman–Crippen LogP) is 3.86. The molecule has 1 aromatic heterocycles. The quantitative estimate of drug-likeness (QED) is 0.839. The van der Waals surface area contributed by atoms with Gasteiger partial charge in [0.25, 0.3) is 0 Å². The van der Waals surface area contributed by atoms with Gasteiger partial charge in [-0.25, -0.2) is 4.98 Å². The van der Waals surface area contributed by atoms with Crippen LogP contribution < -0.4 is 4.90 Å². The Morgan fingerprint density at radius 2 is 1.92 bits per heavy atom. The highest BCUT2D eigenvalue weighted by atomic mass is 32.1. The molecule has 2 fully saturated rings. The van der Waals surface area contributed by atoms with Gasteiger partial charge in [-0.15, -0.1) is 11.3 Å². The van der Waals surface area contributed by atoms with Crippen LogP contribution in [0.4, 0.5) is 5.69 Å². The third-order valence-corrected chi connectivity index (χ3v) is 6.33. The number of hydrogen-bond donors (Lipinski definition) is 0. The summed E-state index contributed by atoms with van der Waals surface area (Å²) in [6.45, 7) is 5.69. The Kier molecular flexibility index (Phi) is 4.61. The van der Waals surface area contributed by atoms with Crippen LogP contribution in [-0.2, 0) is 11.3 Å². The summed E-state index contributed by atoms with van der Waals surface area (Å²) in [6.07, 6.45) is 4.21. The number of carbonyl (C=O) groups is 1. The van der Waals surface area contributed by atoms with Gasteiger partial charge in [0.1, 0.15) is 0 Å². The molecule has 2 aliphatic rings. The van der Waals surface area contributed by atoms with Crippen molar-refractivity contribution in [3.05, 3.63) is 46.4 Å². The topological polar surface area (TPSA) is 36.4 Å². The molecule has 1 aromatic carbocycles. The molecule has 0 radical (unpaired) electrons. The zero-order chi connectivity index (χ0) is 17.3. The zero-order valence-electron chi connectivity index (χ0n) is 14.8. The molecular weight excluding hydrogens is 330 g/mol. The molecule has 5 heteroatoms. The number of aromatic nitrogens is 1. The summed E-state index contributed by atoms with van der Waals surface area (Å²) in [5.74, 6) is 0.323. The van der Waals surface area contributed by atoms with Gasteiger partial charge >= 0.3 is 0 Å². The van der Waals surface area contributed by atoms with Gasteiger partial charge in [-0.05, 0) is 51.3 Å². The van der Waals surface area contributed by atoms with E-state index < -0.39 is 0 Å². The number of anilines is 1. The lowest BCUT2D eigenvalue weighted by Gasteiger charge is -2.47. The summed E-state index contributed by atoms with van der Waals surface area (Å²) in [5.41, 5.74) is 1.97. The van der Waals surface area contributed by atoms with Crippen LogP contribution in [0, 0.1) is 12.3 Å². The minimum atomic E-state index is -0.211. The number of amides is 1. The minimum Gasteiger partial charge on any atom is -0.312 e. The number of rotatable bonds is 3. The number of carbonyl (C=O) groups excluding carboxylic acids is 1. The Balaban J connectivity index is 1.52. The van der Waals surface area contributed by atoms with Crippen LogP contribution in [0.15, 0.2) is 35.7 Å². The summed E-state index contributed by atoms with van der Waals surface area (Å²) < 4.78 is 0. The lowest BCUT2D eigenvalue weighted by Crippen LogP contribution is -2.56. The van der Waals surface area contributed by atoms with Crippen molar-refractivity contribution < 1.29 is 4.79 Å². The number of thiazole rings is 1. The van der Waals surface area contributed by atoms with Crippen LogP contribution in [0.25, 0.3) is 0 Å². The molecule has 132 valence electrons. The summed E-state index contributed by atoms with van der Waals surface area (Å²) in [4.78, 5) is 22.4. The Bertz CT molecular complexity index is 740. The van der Waals surface area contributed by atoms with Gasteiger partial charge in [0.2, 0.25) is 5.91 Å². The molecule has 2 aliphatic heterocycles. The standard InChI is InChI=1S/C20H25N3OS/c1-16-21-17(14-25-16)13-22-11-5-9-20(15-22)10-6-12-23(19(20)24)18-7-3-2-4-8-18/h2-4,7-8,14H,5-6,9-13,15H2,1H3. The van der Waals surface area contributed by atoms with Crippen molar-refractivity contribution in [1.82, 2.24) is 9.88 Å². The molecule has 2 saturated heterocycles. The second-order valence-electron chi connectivity index (χ2n) is 7.35. The fourth-order valence-corrected chi connectivity index (χ4v) is 4.98. The van der Waals surface area contributed by atoms with Crippen LogP contribution >= 0.6 is 11.3 Å². The molecule has 1 atom stereocenters. The highest BCUT2D eigenvalue weighted by Crippen LogP contribution is 2.41. The molecule has 25 heavy (non-hydrogen) atoms. The monoisotopic (exact) mass is 355 g/mol. The van der Waals surface area contributed by atoms with Crippen molar-refractivity contribution in [1.29, 1.82) is 0 Å². The molecule has 1 spiro atoms. The second kappa shape index (κ2) is 6.89. The van der Waals surface area contributed by atoms with Gasteiger partial charge in [-0.1, -0.05) is 18.2 Å². The molecule has 4 rings (SSSR count). The molecule has 0 saturated carbocycles. The number of aryl methyl sites for hydroxylation is 1. The molecule has 0 aliphatic carbocycles. The van der Waals surface area contributed by atoms with Crippen molar-refractivity contribution in [2.24, 2.45) is 5.41 Å². The predicted molar refractivity (Wildman–Crippen MR) is 102 cm³/mol. The van der Waals surface area contributed by atoms with Gasteiger partial charge in [0, 0.05) is 30.7 Å². The third-order valence-electron chi connectivity index (χ3n) is 5.51. The van der Waals surface area contributed by atoms with Crippen molar-refractivity contribution >= 4 is 22.9 Å². The smallest absolute Gasteiger partial charge is 0.234 e. The molecule has 1 unspecified atom stereocenters. The Labute approximate surface area is 153 Å². The Hall–Kier alpha value is -1.72. The molecule has 4 nitrogen and oxygen atoms in total. The molecular formula is C20H25N3OS. The largest absolute Gasteiger partial charge is 0.312 e. The number of nitrogens with zero attached hydrogens (tertiary/aromatic N) is 3. The second-order valence-corrected chi connectivity index (χ2v) is 8.41. The van der Waals surface area contributed by atoms with E-state index in [1.54, 1.807) is 11.3 Å². The van der Waals surface area contributed by atoms with Gasteiger partial charge in [0.05, 0.1) is 16.1 Å². The van der Waals surface area contributed by atoms with E-state index in [2.05, 4.69) is 27.4 Å². The number of piperidine rings is 2. The fraction of sp³-hybridized carbons (Fsp3) is 0.500. The van der Waals surface area contributed by atoms with E-state index in [4.69, 9.17) is 0 Å². The highest BCUT2D eigenvalue weighted by Gasteiger charge is 2.46. The molecule has 0 bridgehead atoms. The van der Waals surface area contributed by atoms with E-state index in [1.165, 1.54) is 0 Å². The van der Waals surface area contributed by atoms with Gasteiger partial charge in [0.15, 0.2) is 0 Å². The number of benzene rings is 1. The van der Waals surface area contributed by atoms with Crippen LogP contribution in [0.5, 0.6) is 0 Å². The number of hydrogen-bond acceptors (Lipinski definition) is 4. The fourth-order valence-electron chi connectivity index (χ4n) is 4.38. The summed E-state index contributed by atoms with van der Waals surface area (Å²) in [6, 6.07) is 10.1. The SMILES string of the molecule is Cc1nc(CN2CCCC3(CCCN(c4ccccc4)C3=O)C2)cs1. The van der Waals surface area contributed by atoms with E-state index in [0.29, 0.717) is 5.91 Å². The maximum absolute atomic E-state index is 13.4. The van der Waals surface area contributed by atoms with Crippen molar-refractivity contribution in [3.8, 4) is 0 Å². The lowest BCUT2D eigenvalue weighted by molar-refractivity contribution is -0.134. The Morgan fingerprint density at radius 1 is 1.16 bits per heavy atom. The van der Waals surface area contributed by atoms with E-state index in [1.807, 2.05) is 30.0 Å². The van der Waals surface area contributed by atoms with Crippen molar-refractivity contribution in [3.63, 3.8) is 0 Å². The normalized spacial score (nSPS) is 24.8. The summed E-state index contributed by atoms with van der Waals surface area (Å²) in [7, 11) is 0. The molecule has 0 N–H and O–H groups in total.